The van der Waals surface area contributed by atoms with Crippen molar-refractivity contribution >= 4 is 0 Å². The third kappa shape index (κ3) is 3.50. The summed E-state index contributed by atoms with van der Waals surface area (Å²) in [6, 6.07) is 9.67. The first-order chi connectivity index (χ1) is 8.86. The highest BCUT2D eigenvalue weighted by atomic mass is 17.1. The molecule has 1 aromatic rings. The van der Waals surface area contributed by atoms with Crippen LogP contribution in [0.4, 0.5) is 0 Å². The number of hydrogen-bond donors (Lipinski definition) is 1. The molecule has 1 N–H and O–H groups in total. The van der Waals surface area contributed by atoms with Gasteiger partial charge in [-0.3, -0.25) is 5.26 Å². The third-order valence-electron chi connectivity index (χ3n) is 2.44. The number of rotatable bonds is 6. The topological polar surface area (TPSA) is 29.5 Å². The molecule has 2 heteroatoms. The summed E-state index contributed by atoms with van der Waals surface area (Å²) in [5.41, 5.74) is 1.02. The molecule has 0 fully saturated rings. The van der Waals surface area contributed by atoms with E-state index in [1.807, 2.05) is 37.3 Å². The minimum absolute atomic E-state index is 0.0532. The molecule has 1 aromatic carbocycles. The van der Waals surface area contributed by atoms with Gasteiger partial charge in [0.25, 0.3) is 1.43 Å². The van der Waals surface area contributed by atoms with Gasteiger partial charge in [0.1, 0.15) is 6.10 Å². The molecule has 0 amide bonds. The number of benzene rings is 1. The predicted molar refractivity (Wildman–Crippen MR) is 61.8 cm³/mol. The molecule has 0 radical (unpaired) electrons. The van der Waals surface area contributed by atoms with Gasteiger partial charge < -0.3 is 0 Å². The van der Waals surface area contributed by atoms with E-state index in [0.717, 1.165) is 5.56 Å². The van der Waals surface area contributed by atoms with Crippen molar-refractivity contribution in [3.63, 3.8) is 0 Å². The fourth-order valence-electron chi connectivity index (χ4n) is 1.48. The number of hydrogen-bond acceptors (Lipinski definition) is 2. The van der Waals surface area contributed by atoms with Gasteiger partial charge in [-0.2, -0.15) is 0 Å². The van der Waals surface area contributed by atoms with Crippen molar-refractivity contribution in [1.82, 2.24) is 0 Å². The SMILES string of the molecule is [2H]OO[C@H](C[C@H](C)c1ccccc1)C(=C)C([2H])([2H])[2H]. The molecule has 2 atom stereocenters. The third-order valence-corrected chi connectivity index (χ3v) is 2.44. The lowest BCUT2D eigenvalue weighted by Crippen LogP contribution is -2.15. The lowest BCUT2D eigenvalue weighted by Gasteiger charge is -2.18. The van der Waals surface area contributed by atoms with Crippen LogP contribution < -0.4 is 0 Å². The lowest BCUT2D eigenvalue weighted by atomic mass is 9.93. The maximum absolute atomic E-state index is 7.33. The molecule has 1 rings (SSSR count). The van der Waals surface area contributed by atoms with Gasteiger partial charge >= 0.3 is 0 Å². The Morgan fingerprint density at radius 3 is 2.93 bits per heavy atom. The average Bonchev–Trinajstić information content (AvgIpc) is 2.37. The van der Waals surface area contributed by atoms with Crippen molar-refractivity contribution in [2.24, 2.45) is 0 Å². The molecule has 0 aliphatic carbocycles. The van der Waals surface area contributed by atoms with Crippen LogP contribution in [0.5, 0.6) is 0 Å². The molecule has 0 unspecified atom stereocenters. The van der Waals surface area contributed by atoms with Crippen LogP contribution >= 0.6 is 0 Å². The monoisotopic (exact) mass is 210 g/mol. The largest absolute Gasteiger partial charge is 0.255 e. The van der Waals surface area contributed by atoms with Crippen molar-refractivity contribution < 1.29 is 14.3 Å². The van der Waals surface area contributed by atoms with Crippen molar-refractivity contribution in [2.75, 3.05) is 0 Å². The van der Waals surface area contributed by atoms with E-state index in [1.54, 1.807) is 0 Å². The smallest absolute Gasteiger partial charge is 0.251 e. The summed E-state index contributed by atoms with van der Waals surface area (Å²) in [6.07, 6.45) is -0.444. The van der Waals surface area contributed by atoms with Gasteiger partial charge in [0, 0.05) is 4.11 Å². The average molecular weight is 210 g/mol. The maximum Gasteiger partial charge on any atom is 0.255 e. The molecule has 0 saturated heterocycles. The summed E-state index contributed by atoms with van der Waals surface area (Å²) in [7, 11) is 0. The molecule has 2 nitrogen and oxygen atoms in total. The van der Waals surface area contributed by atoms with Crippen molar-refractivity contribution in [1.29, 1.82) is 1.43 Å². The van der Waals surface area contributed by atoms with E-state index in [4.69, 9.17) is 10.4 Å². The van der Waals surface area contributed by atoms with E-state index >= 15 is 0 Å². The Labute approximate surface area is 96.8 Å². The Bertz CT molecular complexity index is 403. The zero-order valence-electron chi connectivity index (χ0n) is 12.8. The van der Waals surface area contributed by atoms with Gasteiger partial charge in [-0.1, -0.05) is 43.8 Å². The van der Waals surface area contributed by atoms with Gasteiger partial charge in [-0.05, 0) is 30.3 Å². The second-order valence-corrected chi connectivity index (χ2v) is 3.66. The summed E-state index contributed by atoms with van der Waals surface area (Å²) in [5.74, 6) is 0.0699. The van der Waals surface area contributed by atoms with Gasteiger partial charge in [0.15, 0.2) is 0 Å². The van der Waals surface area contributed by atoms with Crippen LogP contribution in [0.3, 0.4) is 0 Å². The minimum atomic E-state index is -2.32. The van der Waals surface area contributed by atoms with Crippen LogP contribution in [0.25, 0.3) is 1.43 Å². The fraction of sp³-hybridized carbons (Fsp3) is 0.385. The highest BCUT2D eigenvalue weighted by Crippen LogP contribution is 2.23. The normalized spacial score (nSPS) is 19.3. The van der Waals surface area contributed by atoms with E-state index in [2.05, 4.69) is 11.8 Å². The second kappa shape index (κ2) is 5.69. The Kier molecular flexibility index (Phi) is 2.73. The highest BCUT2D eigenvalue weighted by molar-refractivity contribution is 5.19. The zero-order valence-corrected chi connectivity index (χ0v) is 8.77. The van der Waals surface area contributed by atoms with E-state index < -0.39 is 13.0 Å². The summed E-state index contributed by atoms with van der Waals surface area (Å²) in [6.45, 7) is 3.18. The molecular formula is C13H18O2. The molecule has 0 saturated carbocycles. The molecule has 0 spiro atoms. The van der Waals surface area contributed by atoms with E-state index in [-0.39, 0.29) is 11.5 Å². The van der Waals surface area contributed by atoms with Gasteiger partial charge in [-0.15, -0.1) is 0 Å². The molecule has 0 aliphatic rings. The summed E-state index contributed by atoms with van der Waals surface area (Å²) in [4.78, 5) is 4.73. The van der Waals surface area contributed by atoms with Crippen LogP contribution in [0.15, 0.2) is 42.5 Å². The quantitative estimate of drug-likeness (QED) is 0.441. The zero-order chi connectivity index (χ0) is 14.5. The lowest BCUT2D eigenvalue weighted by molar-refractivity contribution is -0.270. The van der Waals surface area contributed by atoms with E-state index in [0.29, 0.717) is 6.42 Å². The first kappa shape index (κ1) is 7.20. The van der Waals surface area contributed by atoms with Gasteiger partial charge in [0.05, 0.1) is 0 Å². The van der Waals surface area contributed by atoms with Gasteiger partial charge in [0.2, 0.25) is 0 Å². The van der Waals surface area contributed by atoms with Crippen LogP contribution in [-0.4, -0.2) is 11.4 Å². The first-order valence-electron chi connectivity index (χ1n) is 6.80. The van der Waals surface area contributed by atoms with Crippen LogP contribution in [0, 0.1) is 0 Å². The molecule has 15 heavy (non-hydrogen) atoms. The Morgan fingerprint density at radius 1 is 1.60 bits per heavy atom. The van der Waals surface area contributed by atoms with Crippen molar-refractivity contribution in [3.8, 4) is 0 Å². The molecule has 0 heterocycles. The van der Waals surface area contributed by atoms with Crippen molar-refractivity contribution in [3.05, 3.63) is 48.0 Å². The summed E-state index contributed by atoms with van der Waals surface area (Å²) < 4.78 is 28.6. The minimum Gasteiger partial charge on any atom is -0.251 e. The van der Waals surface area contributed by atoms with Crippen LogP contribution in [0.1, 0.15) is 35.8 Å². The van der Waals surface area contributed by atoms with E-state index in [1.165, 1.54) is 0 Å². The maximum atomic E-state index is 7.33. The standard InChI is InChI=1S/C13H18O2/c1-10(2)13(15-14)9-11(3)12-7-5-4-6-8-12/h4-8,11,13-14H,1,9H2,2-3H3/t11-,13+/m0/s1/i2D3/hD. The molecule has 0 aliphatic heterocycles. The first-order valence-corrected chi connectivity index (χ1v) is 4.89. The summed E-state index contributed by atoms with van der Waals surface area (Å²) >= 11 is 0. The van der Waals surface area contributed by atoms with Crippen molar-refractivity contribution in [2.45, 2.75) is 32.2 Å². The molecular weight excluding hydrogens is 188 g/mol. The second-order valence-electron chi connectivity index (χ2n) is 3.66. The Hall–Kier alpha value is -1.12. The molecule has 0 bridgehead atoms. The van der Waals surface area contributed by atoms with Crippen LogP contribution in [0.2, 0.25) is 0 Å². The molecule has 0 aromatic heterocycles. The van der Waals surface area contributed by atoms with Crippen LogP contribution in [-0.2, 0) is 4.89 Å². The molecule has 82 valence electrons. The fourth-order valence-corrected chi connectivity index (χ4v) is 1.48. The van der Waals surface area contributed by atoms with Gasteiger partial charge in [-0.25, -0.2) is 4.89 Å². The highest BCUT2D eigenvalue weighted by Gasteiger charge is 2.15. The Morgan fingerprint density at radius 2 is 2.33 bits per heavy atom. The predicted octanol–water partition coefficient (Wildman–Crippen LogP) is 3.61. The van der Waals surface area contributed by atoms with E-state index in [9.17, 15) is 0 Å². The summed E-state index contributed by atoms with van der Waals surface area (Å²) in [5, 5.41) is 3.90. The Balaban J connectivity index is 2.76.